The van der Waals surface area contributed by atoms with Gasteiger partial charge in [0.1, 0.15) is 0 Å². The average Bonchev–Trinajstić information content (AvgIpc) is 2.15. The lowest BCUT2D eigenvalue weighted by molar-refractivity contribution is -0.140. The number of halogens is 1. The number of carbonyl (C=O) groups is 1. The molecule has 0 radical (unpaired) electrons. The SMILES string of the molecule is CN(C(=O)C1(N)CCCCC1)C1CCC1.Cl. The molecule has 2 aliphatic rings. The van der Waals surface area contributed by atoms with Gasteiger partial charge in [0.15, 0.2) is 0 Å². The molecule has 2 fully saturated rings. The van der Waals surface area contributed by atoms with Crippen molar-refractivity contribution in [2.24, 2.45) is 5.73 Å². The first kappa shape index (κ1) is 13.8. The van der Waals surface area contributed by atoms with E-state index in [4.69, 9.17) is 5.73 Å². The molecule has 0 atom stereocenters. The summed E-state index contributed by atoms with van der Waals surface area (Å²) in [4.78, 5) is 14.2. The summed E-state index contributed by atoms with van der Waals surface area (Å²) in [6.07, 6.45) is 8.81. The van der Waals surface area contributed by atoms with E-state index in [1.165, 1.54) is 25.7 Å². The summed E-state index contributed by atoms with van der Waals surface area (Å²) < 4.78 is 0. The number of likely N-dealkylation sites (N-methyl/N-ethyl adjacent to an activating group) is 1. The van der Waals surface area contributed by atoms with Crippen molar-refractivity contribution >= 4 is 18.3 Å². The van der Waals surface area contributed by atoms with Gasteiger partial charge in [-0.3, -0.25) is 4.79 Å². The van der Waals surface area contributed by atoms with Gasteiger partial charge >= 0.3 is 0 Å². The number of carbonyl (C=O) groups excluding carboxylic acids is 1. The number of nitrogens with two attached hydrogens (primary N) is 1. The molecule has 2 N–H and O–H groups in total. The van der Waals surface area contributed by atoms with Gasteiger partial charge in [-0.2, -0.15) is 0 Å². The van der Waals surface area contributed by atoms with Crippen LogP contribution in [-0.4, -0.2) is 29.4 Å². The van der Waals surface area contributed by atoms with Gasteiger partial charge in [0.2, 0.25) is 5.91 Å². The summed E-state index contributed by atoms with van der Waals surface area (Å²) in [7, 11) is 1.93. The highest BCUT2D eigenvalue weighted by Gasteiger charge is 2.39. The van der Waals surface area contributed by atoms with Crippen LogP contribution in [0.4, 0.5) is 0 Å². The number of amides is 1. The molecule has 0 aromatic rings. The van der Waals surface area contributed by atoms with Gasteiger partial charge in [0, 0.05) is 13.1 Å². The number of hydrogen-bond donors (Lipinski definition) is 1. The van der Waals surface area contributed by atoms with Crippen LogP contribution in [-0.2, 0) is 4.79 Å². The van der Waals surface area contributed by atoms with Crippen LogP contribution < -0.4 is 5.73 Å². The van der Waals surface area contributed by atoms with Gasteiger partial charge in [0.25, 0.3) is 0 Å². The van der Waals surface area contributed by atoms with Crippen LogP contribution >= 0.6 is 12.4 Å². The Morgan fingerprint density at radius 3 is 2.19 bits per heavy atom. The fourth-order valence-corrected chi connectivity index (χ4v) is 2.69. The van der Waals surface area contributed by atoms with Gasteiger partial charge < -0.3 is 10.6 Å². The maximum atomic E-state index is 12.3. The fraction of sp³-hybridized carbons (Fsp3) is 0.917. The van der Waals surface area contributed by atoms with Crippen molar-refractivity contribution in [2.45, 2.75) is 62.9 Å². The molecule has 1 amide bonds. The molecular formula is C12H23ClN2O. The van der Waals surface area contributed by atoms with Crippen molar-refractivity contribution < 1.29 is 4.79 Å². The topological polar surface area (TPSA) is 46.3 Å². The molecule has 0 aliphatic heterocycles. The molecule has 0 aromatic carbocycles. The Hall–Kier alpha value is -0.280. The minimum Gasteiger partial charge on any atom is -0.341 e. The Balaban J connectivity index is 0.00000128. The third kappa shape index (κ3) is 2.51. The third-order valence-corrected chi connectivity index (χ3v) is 4.11. The second-order valence-electron chi connectivity index (χ2n) is 5.22. The molecular weight excluding hydrogens is 224 g/mol. The van der Waals surface area contributed by atoms with E-state index in [0.29, 0.717) is 6.04 Å². The minimum atomic E-state index is -0.539. The minimum absolute atomic E-state index is 0. The van der Waals surface area contributed by atoms with E-state index in [-0.39, 0.29) is 18.3 Å². The lowest BCUT2D eigenvalue weighted by atomic mass is 9.80. The molecule has 2 saturated carbocycles. The van der Waals surface area contributed by atoms with Gasteiger partial charge in [-0.05, 0) is 32.1 Å². The van der Waals surface area contributed by atoms with Crippen LogP contribution in [0.15, 0.2) is 0 Å². The highest BCUT2D eigenvalue weighted by molar-refractivity contribution is 5.86. The van der Waals surface area contributed by atoms with Crippen LogP contribution in [0.3, 0.4) is 0 Å². The van der Waals surface area contributed by atoms with Crippen LogP contribution in [0.1, 0.15) is 51.4 Å². The lowest BCUT2D eigenvalue weighted by Crippen LogP contribution is -2.58. The molecule has 2 aliphatic carbocycles. The quantitative estimate of drug-likeness (QED) is 0.811. The summed E-state index contributed by atoms with van der Waals surface area (Å²) >= 11 is 0. The molecule has 94 valence electrons. The molecule has 0 heterocycles. The Kier molecular flexibility index (Phi) is 4.62. The second-order valence-corrected chi connectivity index (χ2v) is 5.22. The van der Waals surface area contributed by atoms with Crippen LogP contribution in [0, 0.1) is 0 Å². The second kappa shape index (κ2) is 5.37. The van der Waals surface area contributed by atoms with Crippen molar-refractivity contribution in [1.29, 1.82) is 0 Å². The zero-order valence-electron chi connectivity index (χ0n) is 10.1. The van der Waals surface area contributed by atoms with Gasteiger partial charge in [-0.15, -0.1) is 12.4 Å². The molecule has 0 spiro atoms. The summed E-state index contributed by atoms with van der Waals surface area (Å²) in [5.74, 6) is 0.187. The van der Waals surface area contributed by atoms with E-state index >= 15 is 0 Å². The molecule has 2 rings (SSSR count). The Labute approximate surface area is 104 Å². The Bertz CT molecular complexity index is 247. The molecule has 0 saturated heterocycles. The van der Waals surface area contributed by atoms with E-state index in [9.17, 15) is 4.79 Å². The summed E-state index contributed by atoms with van der Waals surface area (Å²) in [5, 5.41) is 0. The van der Waals surface area contributed by atoms with Gasteiger partial charge in [-0.25, -0.2) is 0 Å². The van der Waals surface area contributed by atoms with Crippen molar-refractivity contribution in [1.82, 2.24) is 4.90 Å². The van der Waals surface area contributed by atoms with Crippen molar-refractivity contribution in [3.63, 3.8) is 0 Å². The molecule has 0 aromatic heterocycles. The van der Waals surface area contributed by atoms with Crippen molar-refractivity contribution in [3.05, 3.63) is 0 Å². The smallest absolute Gasteiger partial charge is 0.242 e. The van der Waals surface area contributed by atoms with Crippen molar-refractivity contribution in [3.8, 4) is 0 Å². The number of hydrogen-bond acceptors (Lipinski definition) is 2. The van der Waals surface area contributed by atoms with E-state index in [0.717, 1.165) is 25.7 Å². The summed E-state index contributed by atoms with van der Waals surface area (Å²) in [6, 6.07) is 0.472. The highest BCUT2D eigenvalue weighted by atomic mass is 35.5. The predicted octanol–water partition coefficient (Wildman–Crippen LogP) is 2.08. The zero-order chi connectivity index (χ0) is 10.9. The Morgan fingerprint density at radius 1 is 1.19 bits per heavy atom. The summed E-state index contributed by atoms with van der Waals surface area (Å²) in [5.41, 5.74) is 5.69. The molecule has 3 nitrogen and oxygen atoms in total. The molecule has 0 bridgehead atoms. The monoisotopic (exact) mass is 246 g/mol. The van der Waals surface area contributed by atoms with Gasteiger partial charge in [-0.1, -0.05) is 19.3 Å². The maximum Gasteiger partial charge on any atom is 0.242 e. The van der Waals surface area contributed by atoms with Crippen LogP contribution in [0.2, 0.25) is 0 Å². The fourth-order valence-electron chi connectivity index (χ4n) is 2.69. The lowest BCUT2D eigenvalue weighted by Gasteiger charge is -2.41. The van der Waals surface area contributed by atoms with E-state index < -0.39 is 5.54 Å². The number of nitrogens with zero attached hydrogens (tertiary/aromatic N) is 1. The average molecular weight is 247 g/mol. The first-order chi connectivity index (χ1) is 7.13. The van der Waals surface area contributed by atoms with Crippen molar-refractivity contribution in [2.75, 3.05) is 7.05 Å². The number of rotatable bonds is 2. The highest BCUT2D eigenvalue weighted by Crippen LogP contribution is 2.31. The Morgan fingerprint density at radius 2 is 1.75 bits per heavy atom. The van der Waals surface area contributed by atoms with Crippen LogP contribution in [0.5, 0.6) is 0 Å². The molecule has 4 heteroatoms. The van der Waals surface area contributed by atoms with E-state index in [1.807, 2.05) is 11.9 Å². The summed E-state index contributed by atoms with van der Waals surface area (Å²) in [6.45, 7) is 0. The third-order valence-electron chi connectivity index (χ3n) is 4.11. The standard InChI is InChI=1S/C12H22N2O.ClH/c1-14(10-6-5-7-10)11(15)12(13)8-3-2-4-9-12;/h10H,2-9,13H2,1H3;1H. The first-order valence-corrected chi connectivity index (χ1v) is 6.20. The predicted molar refractivity (Wildman–Crippen MR) is 67.7 cm³/mol. The van der Waals surface area contributed by atoms with Crippen LogP contribution in [0.25, 0.3) is 0 Å². The largest absolute Gasteiger partial charge is 0.341 e. The zero-order valence-corrected chi connectivity index (χ0v) is 10.9. The van der Waals surface area contributed by atoms with E-state index in [2.05, 4.69) is 0 Å². The van der Waals surface area contributed by atoms with Gasteiger partial charge in [0.05, 0.1) is 5.54 Å². The van der Waals surface area contributed by atoms with E-state index in [1.54, 1.807) is 0 Å². The first-order valence-electron chi connectivity index (χ1n) is 6.20. The molecule has 0 unspecified atom stereocenters. The maximum absolute atomic E-state index is 12.3. The molecule has 16 heavy (non-hydrogen) atoms. The normalized spacial score (nSPS) is 24.1.